The first-order valence-electron chi connectivity index (χ1n) is 14.5. The van der Waals surface area contributed by atoms with Crippen LogP contribution >= 0.6 is 0 Å². The molecule has 1 aromatic heterocycles. The van der Waals surface area contributed by atoms with Gasteiger partial charge in [-0.3, -0.25) is 19.2 Å². The number of halogens is 3. The van der Waals surface area contributed by atoms with Crippen LogP contribution in [0.25, 0.3) is 5.69 Å². The number of hydrogen-bond acceptors (Lipinski definition) is 6. The van der Waals surface area contributed by atoms with E-state index in [4.69, 9.17) is 4.74 Å². The minimum Gasteiger partial charge on any atom is -0.497 e. The van der Waals surface area contributed by atoms with Crippen molar-refractivity contribution >= 4 is 29.3 Å². The van der Waals surface area contributed by atoms with Crippen molar-refractivity contribution in [2.75, 3.05) is 39.2 Å². The van der Waals surface area contributed by atoms with E-state index in [0.29, 0.717) is 11.3 Å². The van der Waals surface area contributed by atoms with E-state index in [0.717, 1.165) is 10.2 Å². The number of ether oxygens (including phenoxy) is 1. The van der Waals surface area contributed by atoms with Crippen LogP contribution in [0, 0.1) is 0 Å². The molecule has 0 saturated carbocycles. The van der Waals surface area contributed by atoms with E-state index in [9.17, 15) is 32.3 Å². The summed E-state index contributed by atoms with van der Waals surface area (Å²) in [5.41, 5.74) is -0.616. The molecular weight excluding hydrogens is 617 g/mol. The normalized spacial score (nSPS) is 12.7. The lowest BCUT2D eigenvalue weighted by Gasteiger charge is -2.28. The zero-order valence-corrected chi connectivity index (χ0v) is 25.7. The second kappa shape index (κ2) is 13.4. The summed E-state index contributed by atoms with van der Waals surface area (Å²) in [7, 11) is 4.55. The third-order valence-corrected chi connectivity index (χ3v) is 7.54. The number of amides is 4. The monoisotopic (exact) mass is 648 g/mol. The zero-order valence-electron chi connectivity index (χ0n) is 25.7. The SMILES string of the molecule is COc1ccc(-n2nc(C(F)(F)F)c3c2C(=O)N(c2ccc(C(=O)N(C)C)cc2)CC3)c(C(=O)NCC(=O)NCc2ccccc2)c1. The van der Waals surface area contributed by atoms with Gasteiger partial charge in [0.05, 0.1) is 24.9 Å². The molecule has 0 unspecified atom stereocenters. The Balaban J connectivity index is 1.48. The molecule has 0 fully saturated rings. The Morgan fingerprint density at radius 1 is 0.979 bits per heavy atom. The second-order valence-electron chi connectivity index (χ2n) is 10.9. The Kier molecular flexibility index (Phi) is 9.31. The summed E-state index contributed by atoms with van der Waals surface area (Å²) in [6.45, 7) is -0.269. The number of fused-ring (bicyclic) bond motifs is 1. The van der Waals surface area contributed by atoms with Gasteiger partial charge in [0, 0.05) is 44.0 Å². The fourth-order valence-corrected chi connectivity index (χ4v) is 5.17. The molecule has 2 N–H and O–H groups in total. The van der Waals surface area contributed by atoms with Gasteiger partial charge in [0.2, 0.25) is 5.91 Å². The molecule has 3 aromatic carbocycles. The number of anilines is 1. The second-order valence-corrected chi connectivity index (χ2v) is 10.9. The van der Waals surface area contributed by atoms with Crippen LogP contribution in [-0.2, 0) is 23.9 Å². The molecule has 0 saturated heterocycles. The molecular formula is C33H31F3N6O5. The van der Waals surface area contributed by atoms with Gasteiger partial charge < -0.3 is 25.2 Å². The first-order chi connectivity index (χ1) is 22.4. The van der Waals surface area contributed by atoms with E-state index in [1.165, 1.54) is 47.2 Å². The standard InChI is InChI=1S/C33H31F3N6O5/c1-40(2)31(45)21-9-11-22(12-10-21)41-16-15-24-28(32(41)46)42(39-29(24)33(34,35)36)26-14-13-23(47-3)17-25(26)30(44)38-19-27(43)37-18-20-7-5-4-6-8-20/h4-14,17H,15-16,18-19H2,1-3H3,(H,37,43)(H,38,44). The van der Waals surface area contributed by atoms with Crippen LogP contribution in [0.15, 0.2) is 72.8 Å². The summed E-state index contributed by atoms with van der Waals surface area (Å²) < 4.78 is 48.8. The van der Waals surface area contributed by atoms with Crippen LogP contribution in [0.3, 0.4) is 0 Å². The maximum Gasteiger partial charge on any atom is 0.435 e. The van der Waals surface area contributed by atoms with Gasteiger partial charge in [-0.2, -0.15) is 18.3 Å². The highest BCUT2D eigenvalue weighted by molar-refractivity contribution is 6.08. The Bertz CT molecular complexity index is 1820. The topological polar surface area (TPSA) is 126 Å². The Hall–Kier alpha value is -5.66. The molecule has 0 aliphatic carbocycles. The number of rotatable bonds is 9. The minimum absolute atomic E-state index is 0.0738. The average molecular weight is 649 g/mol. The van der Waals surface area contributed by atoms with Crippen molar-refractivity contribution in [3.05, 3.63) is 106 Å². The maximum absolute atomic E-state index is 14.2. The predicted octanol–water partition coefficient (Wildman–Crippen LogP) is 3.85. The van der Waals surface area contributed by atoms with E-state index in [1.807, 2.05) is 30.3 Å². The third-order valence-electron chi connectivity index (χ3n) is 7.54. The summed E-state index contributed by atoms with van der Waals surface area (Å²) in [5.74, 6) is -2.11. The number of carbonyl (C=O) groups excluding carboxylic acids is 4. The number of methoxy groups -OCH3 is 1. The van der Waals surface area contributed by atoms with Gasteiger partial charge in [0.1, 0.15) is 11.4 Å². The van der Waals surface area contributed by atoms with Crippen LogP contribution in [0.1, 0.15) is 48.0 Å². The number of hydrogen-bond donors (Lipinski definition) is 2. The fourth-order valence-electron chi connectivity index (χ4n) is 5.17. The summed E-state index contributed by atoms with van der Waals surface area (Å²) in [5, 5.41) is 8.99. The lowest BCUT2D eigenvalue weighted by atomic mass is 10.0. The van der Waals surface area contributed by atoms with Gasteiger partial charge in [-0.05, 0) is 54.4 Å². The van der Waals surface area contributed by atoms with Crippen LogP contribution in [0.2, 0.25) is 0 Å². The van der Waals surface area contributed by atoms with Crippen LogP contribution in [0.4, 0.5) is 18.9 Å². The van der Waals surface area contributed by atoms with Crippen molar-refractivity contribution in [1.82, 2.24) is 25.3 Å². The van der Waals surface area contributed by atoms with Gasteiger partial charge in [0.15, 0.2) is 5.69 Å². The van der Waals surface area contributed by atoms with Gasteiger partial charge in [0.25, 0.3) is 17.7 Å². The molecule has 0 bridgehead atoms. The quantitative estimate of drug-likeness (QED) is 0.284. The zero-order chi connectivity index (χ0) is 33.9. The van der Waals surface area contributed by atoms with Gasteiger partial charge in [-0.1, -0.05) is 30.3 Å². The average Bonchev–Trinajstić information content (AvgIpc) is 3.47. The van der Waals surface area contributed by atoms with Crippen molar-refractivity contribution < 1.29 is 37.1 Å². The lowest BCUT2D eigenvalue weighted by molar-refractivity contribution is -0.142. The number of benzene rings is 3. The summed E-state index contributed by atoms with van der Waals surface area (Å²) in [6, 6.07) is 19.3. The summed E-state index contributed by atoms with van der Waals surface area (Å²) in [6.07, 6.45) is -5.06. The van der Waals surface area contributed by atoms with Crippen molar-refractivity contribution in [2.45, 2.75) is 19.1 Å². The number of alkyl halides is 3. The van der Waals surface area contributed by atoms with E-state index in [-0.39, 0.29) is 53.7 Å². The third kappa shape index (κ3) is 6.95. The fraction of sp³-hybridized carbons (Fsp3) is 0.242. The molecule has 1 aliphatic heterocycles. The number of nitrogens with zero attached hydrogens (tertiary/aromatic N) is 4. The van der Waals surface area contributed by atoms with Crippen molar-refractivity contribution in [3.8, 4) is 11.4 Å². The van der Waals surface area contributed by atoms with Crippen molar-refractivity contribution in [1.29, 1.82) is 0 Å². The van der Waals surface area contributed by atoms with E-state index >= 15 is 0 Å². The molecule has 0 radical (unpaired) electrons. The molecule has 4 amide bonds. The first-order valence-corrected chi connectivity index (χ1v) is 14.5. The van der Waals surface area contributed by atoms with E-state index in [1.54, 1.807) is 26.2 Å². The Morgan fingerprint density at radius 2 is 1.68 bits per heavy atom. The van der Waals surface area contributed by atoms with E-state index < -0.39 is 36.1 Å². The molecule has 5 rings (SSSR count). The van der Waals surface area contributed by atoms with Gasteiger partial charge in [-0.25, -0.2) is 4.68 Å². The first kappa shape index (κ1) is 32.7. The largest absolute Gasteiger partial charge is 0.497 e. The van der Waals surface area contributed by atoms with Crippen LogP contribution in [0.5, 0.6) is 5.75 Å². The maximum atomic E-state index is 14.2. The molecule has 11 nitrogen and oxygen atoms in total. The molecule has 0 spiro atoms. The predicted molar refractivity (Wildman–Crippen MR) is 166 cm³/mol. The van der Waals surface area contributed by atoms with Crippen molar-refractivity contribution in [2.24, 2.45) is 0 Å². The summed E-state index contributed by atoms with van der Waals surface area (Å²) in [4.78, 5) is 54.9. The molecule has 14 heteroatoms. The smallest absolute Gasteiger partial charge is 0.435 e. The van der Waals surface area contributed by atoms with Gasteiger partial charge >= 0.3 is 6.18 Å². The number of aromatic nitrogens is 2. The summed E-state index contributed by atoms with van der Waals surface area (Å²) >= 11 is 0. The molecule has 244 valence electrons. The highest BCUT2D eigenvalue weighted by atomic mass is 19.4. The Morgan fingerprint density at radius 3 is 2.32 bits per heavy atom. The Labute approximate surface area is 267 Å². The lowest BCUT2D eigenvalue weighted by Crippen LogP contribution is -2.39. The highest BCUT2D eigenvalue weighted by Gasteiger charge is 2.43. The number of nitrogens with one attached hydrogen (secondary N) is 2. The minimum atomic E-state index is -4.89. The van der Waals surface area contributed by atoms with Crippen molar-refractivity contribution in [3.63, 3.8) is 0 Å². The molecule has 1 aliphatic rings. The number of carbonyl (C=O) groups is 4. The molecule has 47 heavy (non-hydrogen) atoms. The van der Waals surface area contributed by atoms with Gasteiger partial charge in [-0.15, -0.1) is 0 Å². The molecule has 2 heterocycles. The highest BCUT2D eigenvalue weighted by Crippen LogP contribution is 2.38. The molecule has 0 atom stereocenters. The van der Waals surface area contributed by atoms with E-state index in [2.05, 4.69) is 15.7 Å². The molecule has 4 aromatic rings. The van der Waals surface area contributed by atoms with Crippen LogP contribution in [-0.4, -0.2) is 72.6 Å². The van der Waals surface area contributed by atoms with Crippen LogP contribution < -0.4 is 20.3 Å².